The Hall–Kier alpha value is -3.10. The molecular weight excluding hydrogens is 1020 g/mol. The smallest absolute Gasteiger partial charge is 0.268 e. The van der Waals surface area contributed by atoms with Crippen molar-refractivity contribution in [1.29, 1.82) is 0 Å². The Labute approximate surface area is 501 Å². The summed E-state index contributed by atoms with van der Waals surface area (Å²) in [5.74, 6) is -0.209. The molecule has 0 spiro atoms. The van der Waals surface area contributed by atoms with Gasteiger partial charge in [0.25, 0.3) is 7.82 Å². The minimum absolute atomic E-state index is 0.00271. The highest BCUT2D eigenvalue weighted by atomic mass is 31.2. The molecule has 81 heavy (non-hydrogen) atoms. The highest BCUT2D eigenvalue weighted by Gasteiger charge is 2.24. The number of carbonyl (C=O) groups is 1. The fourth-order valence-corrected chi connectivity index (χ4v) is 10.0. The predicted octanol–water partition coefficient (Wildman–Crippen LogP) is 20.6. The van der Waals surface area contributed by atoms with Crippen LogP contribution in [0.4, 0.5) is 0 Å². The van der Waals surface area contributed by atoms with Crippen molar-refractivity contribution in [3.05, 3.63) is 122 Å². The van der Waals surface area contributed by atoms with Crippen LogP contribution in [0.5, 0.6) is 0 Å². The summed E-state index contributed by atoms with van der Waals surface area (Å²) in [7, 11) is 1.26. The molecule has 0 bridgehead atoms. The molecule has 0 aliphatic carbocycles. The van der Waals surface area contributed by atoms with E-state index in [1.807, 2.05) is 21.1 Å². The molecule has 0 fully saturated rings. The van der Waals surface area contributed by atoms with Crippen LogP contribution >= 0.6 is 7.82 Å². The molecule has 0 rings (SSSR count). The van der Waals surface area contributed by atoms with E-state index >= 15 is 0 Å². The number of amides is 1. The zero-order valence-electron chi connectivity index (χ0n) is 53.2. The van der Waals surface area contributed by atoms with Crippen molar-refractivity contribution >= 4 is 13.7 Å². The quantitative estimate of drug-likeness (QED) is 0.0272. The number of hydrogen-bond donors (Lipinski definition) is 2. The van der Waals surface area contributed by atoms with Gasteiger partial charge in [-0.2, -0.15) is 0 Å². The van der Waals surface area contributed by atoms with Gasteiger partial charge >= 0.3 is 0 Å². The van der Waals surface area contributed by atoms with Gasteiger partial charge in [-0.05, 0) is 89.9 Å². The van der Waals surface area contributed by atoms with Gasteiger partial charge in [0.15, 0.2) is 0 Å². The third-order valence-corrected chi connectivity index (χ3v) is 15.4. The van der Waals surface area contributed by atoms with Crippen LogP contribution in [0.25, 0.3) is 0 Å². The number of nitrogens with zero attached hydrogens (tertiary/aromatic N) is 1. The van der Waals surface area contributed by atoms with Gasteiger partial charge in [0.05, 0.1) is 39.9 Å². The fourth-order valence-electron chi connectivity index (χ4n) is 9.31. The summed E-state index contributed by atoms with van der Waals surface area (Å²) >= 11 is 0. The highest BCUT2D eigenvalue weighted by molar-refractivity contribution is 7.45. The third kappa shape index (κ3) is 64.3. The number of carbonyl (C=O) groups excluding carboxylic acids is 1. The molecule has 466 valence electrons. The van der Waals surface area contributed by atoms with Crippen molar-refractivity contribution in [2.75, 3.05) is 40.9 Å². The largest absolute Gasteiger partial charge is 0.756 e. The molecule has 0 aromatic heterocycles. The average Bonchev–Trinajstić information content (AvgIpc) is 3.43. The van der Waals surface area contributed by atoms with E-state index in [0.717, 1.165) is 96.3 Å². The number of quaternary nitrogens is 1. The number of phosphoric ester groups is 1. The van der Waals surface area contributed by atoms with Crippen LogP contribution in [-0.4, -0.2) is 68.5 Å². The van der Waals surface area contributed by atoms with Crippen molar-refractivity contribution in [2.45, 2.75) is 289 Å². The van der Waals surface area contributed by atoms with Crippen LogP contribution in [0.2, 0.25) is 0 Å². The minimum atomic E-state index is -4.60. The molecule has 9 heteroatoms. The second-order valence-electron chi connectivity index (χ2n) is 23.4. The zero-order valence-corrected chi connectivity index (χ0v) is 54.1. The number of aliphatic hydroxyl groups excluding tert-OH is 1. The van der Waals surface area contributed by atoms with Crippen molar-refractivity contribution in [3.8, 4) is 0 Å². The van der Waals surface area contributed by atoms with E-state index in [0.29, 0.717) is 30.3 Å². The van der Waals surface area contributed by atoms with Crippen LogP contribution < -0.4 is 10.2 Å². The van der Waals surface area contributed by atoms with E-state index in [1.54, 1.807) is 0 Å². The van der Waals surface area contributed by atoms with E-state index < -0.39 is 20.0 Å². The molecule has 0 heterocycles. The van der Waals surface area contributed by atoms with Gasteiger partial charge in [-0.15, -0.1) is 0 Å². The van der Waals surface area contributed by atoms with E-state index in [9.17, 15) is 19.4 Å². The zero-order chi connectivity index (χ0) is 59.1. The standard InChI is InChI=1S/C72H127N2O6P/c1-6-8-10-12-14-16-18-20-22-24-26-28-30-32-34-35-36-37-38-39-40-42-44-46-48-50-52-54-56-58-60-62-64-66-72(76)73-70(69-80-81(77,78)79-68-67-74(3,4)5)71(75)65-63-61-59-57-55-53-51-49-47-45-43-41-33-31-29-27-25-23-21-19-17-15-13-11-9-7-2/h8,10,14,16,20,22,26,28,32,34,36-37,39-40,44,46,50,52,56,58,70-71,75H,6-7,9,11-13,15,17-19,21,23-25,27,29-31,33,35,38,41-43,45,47-49,51,53-55,57,59-69H2,1-5H3,(H-,73,76,77,78)/b10-8-,16-14-,22-20-,28-26-,34-32-,37-36-,40-39-,46-44-,52-50-,58-56-. The van der Waals surface area contributed by atoms with Crippen molar-refractivity contribution in [3.63, 3.8) is 0 Å². The minimum Gasteiger partial charge on any atom is -0.756 e. The van der Waals surface area contributed by atoms with Gasteiger partial charge in [-0.3, -0.25) is 9.36 Å². The van der Waals surface area contributed by atoms with E-state index in [1.165, 1.54) is 148 Å². The average molecular weight is 1150 g/mol. The molecule has 0 radical (unpaired) electrons. The number of allylic oxidation sites excluding steroid dienone is 20. The van der Waals surface area contributed by atoms with Crippen LogP contribution in [0.1, 0.15) is 277 Å². The van der Waals surface area contributed by atoms with Gasteiger partial charge in [0, 0.05) is 6.42 Å². The van der Waals surface area contributed by atoms with Gasteiger partial charge < -0.3 is 28.8 Å². The number of phosphoric acid groups is 1. The maximum absolute atomic E-state index is 13.0. The maximum Gasteiger partial charge on any atom is 0.268 e. The summed E-state index contributed by atoms with van der Waals surface area (Å²) in [6.07, 6.45) is 91.2. The Bertz CT molecular complexity index is 1730. The highest BCUT2D eigenvalue weighted by Crippen LogP contribution is 2.38. The summed E-state index contributed by atoms with van der Waals surface area (Å²) in [5.41, 5.74) is 0. The maximum atomic E-state index is 13.0. The summed E-state index contributed by atoms with van der Waals surface area (Å²) in [5, 5.41) is 14.0. The van der Waals surface area contributed by atoms with Crippen LogP contribution in [0.15, 0.2) is 122 Å². The molecule has 8 nitrogen and oxygen atoms in total. The first-order valence-electron chi connectivity index (χ1n) is 33.4. The molecule has 2 N–H and O–H groups in total. The molecule has 3 unspecified atom stereocenters. The lowest BCUT2D eigenvalue weighted by Crippen LogP contribution is -2.46. The summed E-state index contributed by atoms with van der Waals surface area (Å²) in [6.45, 7) is 4.59. The Morgan fingerprint density at radius 3 is 1.07 bits per heavy atom. The van der Waals surface area contributed by atoms with Gasteiger partial charge in [-0.25, -0.2) is 0 Å². The van der Waals surface area contributed by atoms with Crippen LogP contribution in [0, 0.1) is 0 Å². The monoisotopic (exact) mass is 1150 g/mol. The summed E-state index contributed by atoms with van der Waals surface area (Å²) in [6, 6.07) is -0.835. The Kier molecular flexibility index (Phi) is 59.1. The number of nitrogens with one attached hydrogen (secondary N) is 1. The Balaban J connectivity index is 4.23. The topological polar surface area (TPSA) is 108 Å². The SMILES string of the molecule is CC/C=C\C/C=C\C/C=C\C/C=C\C/C=C\C/C=C\C/C=C\C/C=C\C/C=C\C/C=C\CCCCC(=O)NC(COP(=O)([O-])OCC[N+](C)(C)C)C(O)CCCCCCCCCCCCCCCCCCCCCCCCCCCC. The molecule has 3 atom stereocenters. The first-order valence-corrected chi connectivity index (χ1v) is 34.8. The molecule has 0 aromatic rings. The normalized spacial score (nSPS) is 14.5. The molecular formula is C72H127N2O6P. The first-order chi connectivity index (χ1) is 39.5. The lowest BCUT2D eigenvalue weighted by atomic mass is 10.0. The van der Waals surface area contributed by atoms with Crippen molar-refractivity contribution in [1.82, 2.24) is 5.32 Å². The fraction of sp³-hybridized carbons (Fsp3) is 0.708. The predicted molar refractivity (Wildman–Crippen MR) is 352 cm³/mol. The van der Waals surface area contributed by atoms with E-state index in [4.69, 9.17) is 9.05 Å². The number of rotatable bonds is 60. The van der Waals surface area contributed by atoms with Gasteiger partial charge in [0.1, 0.15) is 13.2 Å². The number of aliphatic hydroxyl groups is 1. The Morgan fingerprint density at radius 1 is 0.444 bits per heavy atom. The molecule has 0 saturated heterocycles. The lowest BCUT2D eigenvalue weighted by Gasteiger charge is -2.30. The van der Waals surface area contributed by atoms with Gasteiger partial charge in [0.2, 0.25) is 5.91 Å². The summed E-state index contributed by atoms with van der Waals surface area (Å²) < 4.78 is 23.5. The molecule has 0 aromatic carbocycles. The number of hydrogen-bond acceptors (Lipinski definition) is 6. The van der Waals surface area contributed by atoms with Gasteiger partial charge in [-0.1, -0.05) is 302 Å². The summed E-state index contributed by atoms with van der Waals surface area (Å²) in [4.78, 5) is 25.6. The second kappa shape index (κ2) is 61.5. The van der Waals surface area contributed by atoms with Crippen LogP contribution in [0.3, 0.4) is 0 Å². The van der Waals surface area contributed by atoms with Crippen molar-refractivity contribution in [2.24, 2.45) is 0 Å². The van der Waals surface area contributed by atoms with Crippen LogP contribution in [-0.2, 0) is 18.4 Å². The second-order valence-corrected chi connectivity index (χ2v) is 24.9. The van der Waals surface area contributed by atoms with E-state index in [2.05, 4.69) is 141 Å². The Morgan fingerprint density at radius 2 is 0.753 bits per heavy atom. The molecule has 0 aliphatic heterocycles. The lowest BCUT2D eigenvalue weighted by molar-refractivity contribution is -0.870. The molecule has 0 saturated carbocycles. The number of likely N-dealkylation sites (N-methyl/N-ethyl adjacent to an activating group) is 1. The van der Waals surface area contributed by atoms with E-state index in [-0.39, 0.29) is 19.1 Å². The third-order valence-electron chi connectivity index (χ3n) is 14.5. The molecule has 0 aliphatic rings. The first kappa shape index (κ1) is 77.9. The van der Waals surface area contributed by atoms with Crippen molar-refractivity contribution < 1.29 is 32.9 Å². The molecule has 1 amide bonds. The number of unbranched alkanes of at least 4 members (excludes halogenated alkanes) is 27.